The summed E-state index contributed by atoms with van der Waals surface area (Å²) in [7, 11) is 1.61. The lowest BCUT2D eigenvalue weighted by Gasteiger charge is -2.16. The summed E-state index contributed by atoms with van der Waals surface area (Å²) < 4.78 is 7.24. The number of aryl methyl sites for hydroxylation is 1. The van der Waals surface area contributed by atoms with Crippen molar-refractivity contribution in [3.8, 4) is 11.6 Å². The predicted molar refractivity (Wildman–Crippen MR) is 79.5 cm³/mol. The van der Waals surface area contributed by atoms with Crippen LogP contribution in [0.2, 0.25) is 0 Å². The summed E-state index contributed by atoms with van der Waals surface area (Å²) in [5.41, 5.74) is 3.55. The fourth-order valence-electron chi connectivity index (χ4n) is 2.32. The van der Waals surface area contributed by atoms with E-state index in [0.717, 1.165) is 22.5 Å². The minimum atomic E-state index is -0.152. The van der Waals surface area contributed by atoms with Crippen LogP contribution >= 0.6 is 0 Å². The van der Waals surface area contributed by atoms with E-state index >= 15 is 0 Å². The van der Waals surface area contributed by atoms with E-state index in [1.54, 1.807) is 11.8 Å². The number of aromatic nitrogens is 2. The average Bonchev–Trinajstić information content (AvgIpc) is 2.76. The van der Waals surface area contributed by atoms with Gasteiger partial charge in [0.2, 0.25) is 5.88 Å². The summed E-state index contributed by atoms with van der Waals surface area (Å²) >= 11 is 0. The van der Waals surface area contributed by atoms with Crippen molar-refractivity contribution in [3.63, 3.8) is 0 Å². The van der Waals surface area contributed by atoms with Gasteiger partial charge in [-0.2, -0.15) is 5.10 Å². The predicted octanol–water partition coefficient (Wildman–Crippen LogP) is 2.98. The molecule has 4 heteroatoms. The highest BCUT2D eigenvalue weighted by atomic mass is 16.5. The van der Waals surface area contributed by atoms with Gasteiger partial charge in [0.05, 0.1) is 30.7 Å². The molecule has 0 amide bonds. The molecule has 0 aliphatic carbocycles. The summed E-state index contributed by atoms with van der Waals surface area (Å²) in [5, 5.41) is 14.3. The van der Waals surface area contributed by atoms with Gasteiger partial charge in [-0.3, -0.25) is 0 Å². The first kappa shape index (κ1) is 14.6. The Balaban J connectivity index is 2.68. The third-order valence-corrected chi connectivity index (χ3v) is 3.24. The summed E-state index contributed by atoms with van der Waals surface area (Å²) in [6, 6.07) is 8.05. The molecule has 0 bridgehead atoms. The van der Waals surface area contributed by atoms with Gasteiger partial charge < -0.3 is 9.84 Å². The number of rotatable bonds is 3. The van der Waals surface area contributed by atoms with Crippen molar-refractivity contribution in [2.75, 3.05) is 7.11 Å². The maximum absolute atomic E-state index is 9.68. The first-order valence-corrected chi connectivity index (χ1v) is 6.72. The van der Waals surface area contributed by atoms with E-state index < -0.39 is 0 Å². The maximum atomic E-state index is 9.68. The number of hydrogen-bond acceptors (Lipinski definition) is 3. The molecule has 0 unspecified atom stereocenters. The molecular weight excluding hydrogens is 252 g/mol. The van der Waals surface area contributed by atoms with Crippen molar-refractivity contribution in [3.05, 3.63) is 41.1 Å². The topological polar surface area (TPSA) is 47.3 Å². The largest absolute Gasteiger partial charge is 0.481 e. The Morgan fingerprint density at radius 1 is 1.30 bits per heavy atom. The van der Waals surface area contributed by atoms with E-state index in [4.69, 9.17) is 4.74 Å². The van der Waals surface area contributed by atoms with Crippen LogP contribution in [0.15, 0.2) is 24.3 Å². The van der Waals surface area contributed by atoms with E-state index in [0.29, 0.717) is 5.88 Å². The lowest BCUT2D eigenvalue weighted by Crippen LogP contribution is -2.15. The smallest absolute Gasteiger partial charge is 0.222 e. The quantitative estimate of drug-likeness (QED) is 0.936. The van der Waals surface area contributed by atoms with Gasteiger partial charge >= 0.3 is 0 Å². The lowest BCUT2D eigenvalue weighted by atomic mass is 9.89. The summed E-state index contributed by atoms with van der Waals surface area (Å²) in [6.07, 6.45) is 0. The van der Waals surface area contributed by atoms with E-state index in [9.17, 15) is 5.11 Å². The van der Waals surface area contributed by atoms with E-state index in [1.807, 2.05) is 31.2 Å². The summed E-state index contributed by atoms with van der Waals surface area (Å²) in [4.78, 5) is 0. The van der Waals surface area contributed by atoms with Crippen LogP contribution in [0.1, 0.15) is 37.6 Å². The molecule has 1 aromatic carbocycles. The third kappa shape index (κ3) is 2.56. The normalized spacial score (nSPS) is 11.7. The van der Waals surface area contributed by atoms with Crippen LogP contribution in [0.25, 0.3) is 5.69 Å². The number of ether oxygens (including phenoxy) is 1. The average molecular weight is 274 g/mol. The Hall–Kier alpha value is -1.81. The van der Waals surface area contributed by atoms with Crippen LogP contribution in [0, 0.1) is 6.92 Å². The van der Waals surface area contributed by atoms with E-state index in [-0.39, 0.29) is 12.0 Å². The minimum absolute atomic E-state index is 0.0818. The van der Waals surface area contributed by atoms with E-state index in [1.165, 1.54) is 0 Å². The monoisotopic (exact) mass is 274 g/mol. The van der Waals surface area contributed by atoms with Gasteiger partial charge in [0.1, 0.15) is 0 Å². The molecule has 2 aromatic rings. The number of benzene rings is 1. The number of aliphatic hydroxyl groups excluding tert-OH is 1. The highest BCUT2D eigenvalue weighted by molar-refractivity contribution is 5.44. The van der Waals surface area contributed by atoms with Crippen LogP contribution in [0.3, 0.4) is 0 Å². The molecule has 0 aliphatic heterocycles. The van der Waals surface area contributed by atoms with Crippen LogP contribution in [0.4, 0.5) is 0 Å². The van der Waals surface area contributed by atoms with E-state index in [2.05, 4.69) is 25.9 Å². The Bertz CT molecular complexity index is 609. The summed E-state index contributed by atoms with van der Waals surface area (Å²) in [5.74, 6) is 0.600. The van der Waals surface area contributed by atoms with Crippen LogP contribution in [0.5, 0.6) is 5.88 Å². The highest BCUT2D eigenvalue weighted by Crippen LogP contribution is 2.33. The second kappa shape index (κ2) is 5.29. The number of hydrogen-bond donors (Lipinski definition) is 1. The fourth-order valence-corrected chi connectivity index (χ4v) is 2.32. The second-order valence-corrected chi connectivity index (χ2v) is 6.00. The van der Waals surface area contributed by atoms with Crippen molar-refractivity contribution in [1.82, 2.24) is 9.78 Å². The molecule has 0 aliphatic rings. The minimum Gasteiger partial charge on any atom is -0.481 e. The SMILES string of the molecule is COc1c(CO)c(C(C)(C)C)nn1-c1cccc(C)c1. The zero-order valence-electron chi connectivity index (χ0n) is 12.8. The molecule has 20 heavy (non-hydrogen) atoms. The first-order chi connectivity index (χ1) is 9.38. The zero-order chi connectivity index (χ0) is 14.9. The standard InChI is InChI=1S/C16H22N2O2/c1-11-7-6-8-12(9-11)18-15(20-5)13(10-19)14(17-18)16(2,3)4/h6-9,19H,10H2,1-5H3. The second-order valence-electron chi connectivity index (χ2n) is 6.00. The Morgan fingerprint density at radius 2 is 2.00 bits per heavy atom. The Labute approximate surface area is 120 Å². The van der Waals surface area contributed by atoms with Crippen LogP contribution in [-0.2, 0) is 12.0 Å². The highest BCUT2D eigenvalue weighted by Gasteiger charge is 2.27. The van der Waals surface area contributed by atoms with Gasteiger partial charge in [-0.25, -0.2) is 4.68 Å². The van der Waals surface area contributed by atoms with Crippen molar-refractivity contribution in [2.45, 2.75) is 39.7 Å². The van der Waals surface area contributed by atoms with Crippen LogP contribution in [-0.4, -0.2) is 22.0 Å². The molecule has 0 saturated heterocycles. The number of aliphatic hydroxyl groups is 1. The van der Waals surface area contributed by atoms with Gasteiger partial charge in [0, 0.05) is 5.41 Å². The van der Waals surface area contributed by atoms with Crippen molar-refractivity contribution < 1.29 is 9.84 Å². The van der Waals surface area contributed by atoms with Gasteiger partial charge in [-0.1, -0.05) is 32.9 Å². The number of nitrogens with zero attached hydrogens (tertiary/aromatic N) is 2. The molecule has 0 spiro atoms. The Kier molecular flexibility index (Phi) is 3.86. The number of methoxy groups -OCH3 is 1. The third-order valence-electron chi connectivity index (χ3n) is 3.24. The molecule has 1 N–H and O–H groups in total. The molecule has 4 nitrogen and oxygen atoms in total. The molecule has 1 heterocycles. The molecule has 0 saturated carbocycles. The Morgan fingerprint density at radius 3 is 2.50 bits per heavy atom. The molecule has 2 rings (SSSR count). The van der Waals surface area contributed by atoms with Crippen molar-refractivity contribution in [1.29, 1.82) is 0 Å². The first-order valence-electron chi connectivity index (χ1n) is 6.72. The van der Waals surface area contributed by atoms with Gasteiger partial charge in [-0.15, -0.1) is 0 Å². The zero-order valence-corrected chi connectivity index (χ0v) is 12.8. The van der Waals surface area contributed by atoms with Crippen molar-refractivity contribution >= 4 is 0 Å². The molecular formula is C16H22N2O2. The van der Waals surface area contributed by atoms with Gasteiger partial charge in [-0.05, 0) is 24.6 Å². The van der Waals surface area contributed by atoms with Gasteiger partial charge in [0.25, 0.3) is 0 Å². The fraction of sp³-hybridized carbons (Fsp3) is 0.438. The maximum Gasteiger partial charge on any atom is 0.222 e. The summed E-state index contributed by atoms with van der Waals surface area (Å²) in [6.45, 7) is 8.19. The molecule has 1 aromatic heterocycles. The molecule has 0 fully saturated rings. The van der Waals surface area contributed by atoms with Crippen LogP contribution < -0.4 is 4.74 Å². The lowest BCUT2D eigenvalue weighted by molar-refractivity contribution is 0.269. The molecule has 108 valence electrons. The molecule has 0 atom stereocenters. The van der Waals surface area contributed by atoms with Crippen molar-refractivity contribution in [2.24, 2.45) is 0 Å². The molecule has 0 radical (unpaired) electrons. The van der Waals surface area contributed by atoms with Gasteiger partial charge in [0.15, 0.2) is 0 Å².